The van der Waals surface area contributed by atoms with Crippen molar-refractivity contribution in [3.05, 3.63) is 36.3 Å². The number of pyridine rings is 1. The van der Waals surface area contributed by atoms with Crippen LogP contribution in [-0.2, 0) is 15.7 Å². The number of piperidine rings is 1. The number of aromatic nitrogens is 3. The maximum atomic E-state index is 13.3. The number of halogens is 3. The van der Waals surface area contributed by atoms with E-state index in [1.165, 1.54) is 19.5 Å². The molecule has 1 saturated heterocycles. The molecule has 1 aliphatic rings. The molecule has 1 aliphatic heterocycles. The molecule has 2 aromatic rings. The number of carbonyl (C=O) groups is 1. The lowest BCUT2D eigenvalue weighted by Gasteiger charge is -2.34. The Morgan fingerprint density at radius 2 is 2.04 bits per heavy atom. The predicted molar refractivity (Wildman–Crippen MR) is 93.2 cm³/mol. The minimum atomic E-state index is -4.62. The number of aliphatic hydroxyl groups is 1. The fourth-order valence-corrected chi connectivity index (χ4v) is 3.12. The summed E-state index contributed by atoms with van der Waals surface area (Å²) >= 11 is 0. The van der Waals surface area contributed by atoms with Gasteiger partial charge in [-0.25, -0.2) is 14.8 Å². The fraction of sp³-hybridized carbons (Fsp3) is 0.444. The summed E-state index contributed by atoms with van der Waals surface area (Å²) in [7, 11) is 1.19. The predicted octanol–water partition coefficient (Wildman–Crippen LogP) is 2.31. The third-order valence-electron chi connectivity index (χ3n) is 4.68. The monoisotopic (exact) mass is 396 g/mol. The standard InChI is InChI=1S/C18H19F3N4O3/c1-28-17(27)15(26)11-4-7-25(8-5-11)14-9-13(18(19,20)21)23-16(24-14)12-3-2-6-22-10-12/h2-3,6,9-11,15,26H,4-5,7-8H2,1H3. The van der Waals surface area contributed by atoms with Crippen LogP contribution in [0, 0.1) is 5.92 Å². The third-order valence-corrected chi connectivity index (χ3v) is 4.68. The minimum Gasteiger partial charge on any atom is -0.467 e. The smallest absolute Gasteiger partial charge is 0.433 e. The van der Waals surface area contributed by atoms with Crippen LogP contribution in [0.2, 0.25) is 0 Å². The number of rotatable bonds is 4. The van der Waals surface area contributed by atoms with Crippen molar-refractivity contribution in [3.8, 4) is 11.4 Å². The first-order valence-corrected chi connectivity index (χ1v) is 8.67. The molecule has 2 aromatic heterocycles. The molecule has 150 valence electrons. The molecule has 3 heterocycles. The number of hydrogen-bond acceptors (Lipinski definition) is 7. The molecule has 0 bridgehead atoms. The summed E-state index contributed by atoms with van der Waals surface area (Å²) in [5.41, 5.74) is -0.654. The highest BCUT2D eigenvalue weighted by Crippen LogP contribution is 2.33. The Kier molecular flexibility index (Phi) is 5.78. The van der Waals surface area contributed by atoms with Crippen LogP contribution in [0.3, 0.4) is 0 Å². The van der Waals surface area contributed by atoms with Crippen molar-refractivity contribution >= 4 is 11.8 Å². The number of methoxy groups -OCH3 is 1. The average Bonchev–Trinajstić information content (AvgIpc) is 2.72. The van der Waals surface area contributed by atoms with E-state index in [-0.39, 0.29) is 17.6 Å². The van der Waals surface area contributed by atoms with Crippen LogP contribution in [0.4, 0.5) is 19.0 Å². The molecule has 0 aromatic carbocycles. The Hall–Kier alpha value is -2.75. The van der Waals surface area contributed by atoms with Gasteiger partial charge >= 0.3 is 12.1 Å². The number of anilines is 1. The molecule has 7 nitrogen and oxygen atoms in total. The van der Waals surface area contributed by atoms with E-state index in [1.807, 2.05) is 0 Å². The number of esters is 1. The van der Waals surface area contributed by atoms with Crippen LogP contribution in [0.15, 0.2) is 30.6 Å². The number of nitrogens with zero attached hydrogens (tertiary/aromatic N) is 4. The van der Waals surface area contributed by atoms with Gasteiger partial charge in [-0.3, -0.25) is 4.98 Å². The van der Waals surface area contributed by atoms with Crippen LogP contribution >= 0.6 is 0 Å². The summed E-state index contributed by atoms with van der Waals surface area (Å²) in [6.45, 7) is 0.693. The average molecular weight is 396 g/mol. The van der Waals surface area contributed by atoms with Crippen LogP contribution < -0.4 is 4.90 Å². The van der Waals surface area contributed by atoms with Crippen LogP contribution in [0.25, 0.3) is 11.4 Å². The molecule has 1 fully saturated rings. The summed E-state index contributed by atoms with van der Waals surface area (Å²) in [6, 6.07) is 4.10. The van der Waals surface area contributed by atoms with Crippen molar-refractivity contribution in [2.75, 3.05) is 25.1 Å². The van der Waals surface area contributed by atoms with E-state index in [9.17, 15) is 23.1 Å². The lowest BCUT2D eigenvalue weighted by molar-refractivity contribution is -0.153. The van der Waals surface area contributed by atoms with Gasteiger partial charge in [0.2, 0.25) is 0 Å². The molecule has 3 rings (SSSR count). The van der Waals surface area contributed by atoms with E-state index >= 15 is 0 Å². The van der Waals surface area contributed by atoms with Gasteiger partial charge in [0.15, 0.2) is 17.6 Å². The van der Waals surface area contributed by atoms with Crippen LogP contribution in [0.5, 0.6) is 0 Å². The highest BCUT2D eigenvalue weighted by atomic mass is 19.4. The number of aliphatic hydroxyl groups excluding tert-OH is 1. The number of ether oxygens (including phenoxy) is 1. The van der Waals surface area contributed by atoms with Gasteiger partial charge in [-0.1, -0.05) is 0 Å². The summed E-state index contributed by atoms with van der Waals surface area (Å²) in [4.78, 5) is 25.0. The molecule has 28 heavy (non-hydrogen) atoms. The zero-order chi connectivity index (χ0) is 20.3. The van der Waals surface area contributed by atoms with Crippen LogP contribution in [-0.4, -0.2) is 52.3 Å². The van der Waals surface area contributed by atoms with E-state index in [4.69, 9.17) is 0 Å². The van der Waals surface area contributed by atoms with Crippen molar-refractivity contribution in [1.29, 1.82) is 0 Å². The first-order valence-electron chi connectivity index (χ1n) is 8.67. The summed E-state index contributed by atoms with van der Waals surface area (Å²) in [5, 5.41) is 9.97. The Morgan fingerprint density at radius 3 is 2.61 bits per heavy atom. The molecule has 0 spiro atoms. The summed E-state index contributed by atoms with van der Waals surface area (Å²) < 4.78 is 44.5. The zero-order valence-corrected chi connectivity index (χ0v) is 15.1. The number of hydrogen-bond donors (Lipinski definition) is 1. The zero-order valence-electron chi connectivity index (χ0n) is 15.1. The molecule has 0 saturated carbocycles. The Balaban J connectivity index is 1.85. The molecule has 0 radical (unpaired) electrons. The summed E-state index contributed by atoms with van der Waals surface area (Å²) in [5.74, 6) is -0.939. The molecule has 10 heteroatoms. The van der Waals surface area contributed by atoms with Gasteiger partial charge in [-0.2, -0.15) is 13.2 Å². The molecule has 1 unspecified atom stereocenters. The van der Waals surface area contributed by atoms with Gasteiger partial charge in [0.05, 0.1) is 7.11 Å². The SMILES string of the molecule is COC(=O)C(O)C1CCN(c2cc(C(F)(F)F)nc(-c3cccnc3)n2)CC1. The third kappa shape index (κ3) is 4.38. The molecule has 0 aliphatic carbocycles. The lowest BCUT2D eigenvalue weighted by atomic mass is 9.91. The normalized spacial score (nSPS) is 16.7. The lowest BCUT2D eigenvalue weighted by Crippen LogP contribution is -2.41. The highest BCUT2D eigenvalue weighted by molar-refractivity contribution is 5.74. The van der Waals surface area contributed by atoms with Crippen molar-refractivity contribution < 1.29 is 27.8 Å². The van der Waals surface area contributed by atoms with Crippen LogP contribution in [0.1, 0.15) is 18.5 Å². The second-order valence-corrected chi connectivity index (χ2v) is 6.47. The van der Waals surface area contributed by atoms with Gasteiger partial charge in [0.1, 0.15) is 5.82 Å². The first-order chi connectivity index (χ1) is 13.3. The van der Waals surface area contributed by atoms with Crippen molar-refractivity contribution in [1.82, 2.24) is 15.0 Å². The van der Waals surface area contributed by atoms with Gasteiger partial charge in [0, 0.05) is 37.1 Å². The van der Waals surface area contributed by atoms with Gasteiger partial charge < -0.3 is 14.7 Å². The highest BCUT2D eigenvalue weighted by Gasteiger charge is 2.35. The van der Waals surface area contributed by atoms with E-state index in [0.29, 0.717) is 31.5 Å². The topological polar surface area (TPSA) is 88.4 Å². The molecular formula is C18H19F3N4O3. The second-order valence-electron chi connectivity index (χ2n) is 6.47. The van der Waals surface area contributed by atoms with Gasteiger partial charge in [-0.15, -0.1) is 0 Å². The Labute approximate surface area is 159 Å². The van der Waals surface area contributed by atoms with Crippen molar-refractivity contribution in [2.24, 2.45) is 5.92 Å². The van der Waals surface area contributed by atoms with Gasteiger partial charge in [-0.05, 0) is 30.9 Å². The van der Waals surface area contributed by atoms with Crippen molar-refractivity contribution in [2.45, 2.75) is 25.1 Å². The van der Waals surface area contributed by atoms with E-state index in [2.05, 4.69) is 19.7 Å². The van der Waals surface area contributed by atoms with Gasteiger partial charge in [0.25, 0.3) is 0 Å². The summed E-state index contributed by atoms with van der Waals surface area (Å²) in [6.07, 6.45) is -2.11. The fourth-order valence-electron chi connectivity index (χ4n) is 3.12. The first kappa shape index (κ1) is 20.0. The second kappa shape index (κ2) is 8.09. The number of carbonyl (C=O) groups excluding carboxylic acids is 1. The van der Waals surface area contributed by atoms with E-state index in [1.54, 1.807) is 17.0 Å². The Bertz CT molecular complexity index is 825. The molecule has 0 amide bonds. The van der Waals surface area contributed by atoms with E-state index < -0.39 is 23.9 Å². The van der Waals surface area contributed by atoms with E-state index in [0.717, 1.165) is 6.07 Å². The quantitative estimate of drug-likeness (QED) is 0.794. The van der Waals surface area contributed by atoms with Crippen molar-refractivity contribution in [3.63, 3.8) is 0 Å². The Morgan fingerprint density at radius 1 is 1.32 bits per heavy atom. The molecule has 1 atom stereocenters. The largest absolute Gasteiger partial charge is 0.467 e. The maximum Gasteiger partial charge on any atom is 0.433 e. The maximum absolute atomic E-state index is 13.3. The number of alkyl halides is 3. The molecular weight excluding hydrogens is 377 g/mol. The molecule has 1 N–H and O–H groups in total. The minimum absolute atomic E-state index is 0.0605.